The van der Waals surface area contributed by atoms with Gasteiger partial charge in [-0.3, -0.25) is 4.79 Å². The molecule has 0 radical (unpaired) electrons. The van der Waals surface area contributed by atoms with Crippen molar-refractivity contribution in [3.63, 3.8) is 0 Å². The molecular formula is C18H19ClFNO3. The van der Waals surface area contributed by atoms with Gasteiger partial charge in [0.05, 0.1) is 25.3 Å². The van der Waals surface area contributed by atoms with E-state index in [-0.39, 0.29) is 17.0 Å². The molecule has 2 aromatic carbocycles. The van der Waals surface area contributed by atoms with Gasteiger partial charge in [-0.1, -0.05) is 17.7 Å². The van der Waals surface area contributed by atoms with Crippen LogP contribution in [0.3, 0.4) is 0 Å². The molecule has 0 saturated carbocycles. The first-order chi connectivity index (χ1) is 11.5. The smallest absolute Gasteiger partial charge is 0.229 e. The Morgan fingerprint density at radius 1 is 1.17 bits per heavy atom. The third kappa shape index (κ3) is 4.61. The van der Waals surface area contributed by atoms with Gasteiger partial charge < -0.3 is 14.8 Å². The molecule has 128 valence electrons. The summed E-state index contributed by atoms with van der Waals surface area (Å²) in [5.41, 5.74) is 0.635. The highest BCUT2D eigenvalue weighted by molar-refractivity contribution is 6.31. The summed E-state index contributed by atoms with van der Waals surface area (Å²) in [4.78, 5) is 12.3. The van der Waals surface area contributed by atoms with Crippen LogP contribution in [0.15, 0.2) is 36.4 Å². The Morgan fingerprint density at radius 3 is 2.58 bits per heavy atom. The van der Waals surface area contributed by atoms with E-state index in [0.29, 0.717) is 30.4 Å². The number of benzene rings is 2. The average Bonchev–Trinajstić information content (AvgIpc) is 2.54. The summed E-state index contributed by atoms with van der Waals surface area (Å²) in [5.74, 6) is 0.233. The number of hydrogen-bond acceptors (Lipinski definition) is 3. The normalized spacial score (nSPS) is 10.3. The third-order valence-corrected chi connectivity index (χ3v) is 3.59. The first-order valence-electron chi connectivity index (χ1n) is 7.67. The van der Waals surface area contributed by atoms with Crippen LogP contribution in [-0.4, -0.2) is 19.1 Å². The van der Waals surface area contributed by atoms with Crippen molar-refractivity contribution in [3.05, 3.63) is 52.8 Å². The molecule has 0 aliphatic rings. The zero-order chi connectivity index (χ0) is 17.5. The topological polar surface area (TPSA) is 47.6 Å². The van der Waals surface area contributed by atoms with Crippen LogP contribution in [0.1, 0.15) is 19.4 Å². The number of halogens is 2. The maximum atomic E-state index is 13.8. The minimum absolute atomic E-state index is 0.163. The Bertz CT molecular complexity index is 701. The van der Waals surface area contributed by atoms with Gasteiger partial charge in [-0.05, 0) is 38.1 Å². The standard InChI is InChI=1S/C18H19ClFNO3/c1-3-23-12-8-9-17(24-4-2)16(10-12)21-18(22)11-13-14(19)6-5-7-15(13)20/h5-10H,3-4,11H2,1-2H3,(H,21,22). The Balaban J connectivity index is 2.19. The predicted molar refractivity (Wildman–Crippen MR) is 92.5 cm³/mol. The van der Waals surface area contributed by atoms with E-state index in [1.807, 2.05) is 13.8 Å². The highest BCUT2D eigenvalue weighted by Gasteiger charge is 2.14. The second kappa shape index (κ2) is 8.55. The number of nitrogens with one attached hydrogen (secondary N) is 1. The van der Waals surface area contributed by atoms with Crippen molar-refractivity contribution in [2.75, 3.05) is 18.5 Å². The fraction of sp³-hybridized carbons (Fsp3) is 0.278. The van der Waals surface area contributed by atoms with Crippen molar-refractivity contribution >= 4 is 23.2 Å². The lowest BCUT2D eigenvalue weighted by molar-refractivity contribution is -0.115. The summed E-state index contributed by atoms with van der Waals surface area (Å²) in [6, 6.07) is 9.48. The van der Waals surface area contributed by atoms with Gasteiger partial charge in [-0.25, -0.2) is 4.39 Å². The number of anilines is 1. The number of ether oxygens (including phenoxy) is 2. The lowest BCUT2D eigenvalue weighted by atomic mass is 10.1. The van der Waals surface area contributed by atoms with E-state index in [9.17, 15) is 9.18 Å². The molecule has 0 aliphatic heterocycles. The van der Waals surface area contributed by atoms with E-state index in [1.165, 1.54) is 12.1 Å². The summed E-state index contributed by atoms with van der Waals surface area (Å²) >= 11 is 5.96. The molecule has 0 bridgehead atoms. The second-order valence-electron chi connectivity index (χ2n) is 4.95. The molecule has 24 heavy (non-hydrogen) atoms. The quantitative estimate of drug-likeness (QED) is 0.801. The number of rotatable bonds is 7. The van der Waals surface area contributed by atoms with Gasteiger partial charge in [0.15, 0.2) is 0 Å². The molecule has 2 aromatic rings. The summed E-state index contributed by atoms with van der Waals surface area (Å²) in [7, 11) is 0. The zero-order valence-electron chi connectivity index (χ0n) is 13.6. The fourth-order valence-corrected chi connectivity index (χ4v) is 2.43. The molecule has 4 nitrogen and oxygen atoms in total. The molecule has 0 saturated heterocycles. The van der Waals surface area contributed by atoms with Crippen LogP contribution in [0.2, 0.25) is 5.02 Å². The van der Waals surface area contributed by atoms with Crippen molar-refractivity contribution in [1.29, 1.82) is 0 Å². The maximum absolute atomic E-state index is 13.8. The highest BCUT2D eigenvalue weighted by atomic mass is 35.5. The van der Waals surface area contributed by atoms with Gasteiger partial charge in [-0.15, -0.1) is 0 Å². The SMILES string of the molecule is CCOc1ccc(OCC)c(NC(=O)Cc2c(F)cccc2Cl)c1. The summed E-state index contributed by atoms with van der Waals surface area (Å²) in [6.45, 7) is 4.68. The summed E-state index contributed by atoms with van der Waals surface area (Å²) in [6.07, 6.45) is -0.171. The van der Waals surface area contributed by atoms with E-state index in [1.54, 1.807) is 24.3 Å². The number of amides is 1. The van der Waals surface area contributed by atoms with Gasteiger partial charge >= 0.3 is 0 Å². The molecule has 0 aliphatic carbocycles. The molecule has 0 spiro atoms. The van der Waals surface area contributed by atoms with Crippen LogP contribution in [0, 0.1) is 5.82 Å². The Hall–Kier alpha value is -2.27. The number of hydrogen-bond donors (Lipinski definition) is 1. The Morgan fingerprint density at radius 2 is 1.92 bits per heavy atom. The molecule has 0 atom stereocenters. The van der Waals surface area contributed by atoms with Gasteiger partial charge in [0.1, 0.15) is 17.3 Å². The fourth-order valence-electron chi connectivity index (χ4n) is 2.20. The van der Waals surface area contributed by atoms with Crippen LogP contribution in [0.5, 0.6) is 11.5 Å². The molecule has 0 unspecified atom stereocenters. The maximum Gasteiger partial charge on any atom is 0.229 e. The zero-order valence-corrected chi connectivity index (χ0v) is 14.3. The van der Waals surface area contributed by atoms with Crippen LogP contribution < -0.4 is 14.8 Å². The van der Waals surface area contributed by atoms with E-state index < -0.39 is 11.7 Å². The highest BCUT2D eigenvalue weighted by Crippen LogP contribution is 2.30. The monoisotopic (exact) mass is 351 g/mol. The van der Waals surface area contributed by atoms with Gasteiger partial charge in [0.2, 0.25) is 5.91 Å². The van der Waals surface area contributed by atoms with E-state index in [0.717, 1.165) is 0 Å². The second-order valence-corrected chi connectivity index (χ2v) is 5.36. The van der Waals surface area contributed by atoms with Gasteiger partial charge in [-0.2, -0.15) is 0 Å². The van der Waals surface area contributed by atoms with Crippen molar-refractivity contribution in [1.82, 2.24) is 0 Å². The van der Waals surface area contributed by atoms with E-state index in [2.05, 4.69) is 5.32 Å². The van der Waals surface area contributed by atoms with Crippen molar-refractivity contribution in [2.24, 2.45) is 0 Å². The molecular weight excluding hydrogens is 333 g/mol. The minimum atomic E-state index is -0.509. The third-order valence-electron chi connectivity index (χ3n) is 3.23. The molecule has 6 heteroatoms. The molecule has 1 N–H and O–H groups in total. The average molecular weight is 352 g/mol. The predicted octanol–water partition coefficient (Wildman–Crippen LogP) is 4.46. The van der Waals surface area contributed by atoms with Gasteiger partial charge in [0.25, 0.3) is 0 Å². The first kappa shape index (κ1) is 18.1. The molecule has 0 fully saturated rings. The lowest BCUT2D eigenvalue weighted by Crippen LogP contribution is -2.16. The van der Waals surface area contributed by atoms with Crippen molar-refractivity contribution in [3.8, 4) is 11.5 Å². The summed E-state index contributed by atoms with van der Waals surface area (Å²) < 4.78 is 24.7. The molecule has 2 rings (SSSR count). The molecule has 0 heterocycles. The molecule has 1 amide bonds. The first-order valence-corrected chi connectivity index (χ1v) is 8.05. The van der Waals surface area contributed by atoms with Crippen LogP contribution >= 0.6 is 11.6 Å². The van der Waals surface area contributed by atoms with Crippen LogP contribution in [0.4, 0.5) is 10.1 Å². The molecule has 0 aromatic heterocycles. The lowest BCUT2D eigenvalue weighted by Gasteiger charge is -2.14. The van der Waals surface area contributed by atoms with Crippen molar-refractivity contribution in [2.45, 2.75) is 20.3 Å². The van der Waals surface area contributed by atoms with Crippen LogP contribution in [-0.2, 0) is 11.2 Å². The number of carbonyl (C=O) groups is 1. The Kier molecular flexibility index (Phi) is 6.44. The van der Waals surface area contributed by atoms with Gasteiger partial charge in [0, 0.05) is 16.7 Å². The van der Waals surface area contributed by atoms with E-state index in [4.69, 9.17) is 21.1 Å². The van der Waals surface area contributed by atoms with E-state index >= 15 is 0 Å². The van der Waals surface area contributed by atoms with Crippen LogP contribution in [0.25, 0.3) is 0 Å². The van der Waals surface area contributed by atoms with Crippen molar-refractivity contribution < 1.29 is 18.7 Å². The minimum Gasteiger partial charge on any atom is -0.494 e. The largest absolute Gasteiger partial charge is 0.494 e. The Labute approximate surface area is 145 Å². The summed E-state index contributed by atoms with van der Waals surface area (Å²) in [5, 5.41) is 2.95. The number of carbonyl (C=O) groups excluding carboxylic acids is 1.